The summed E-state index contributed by atoms with van der Waals surface area (Å²) >= 11 is 0. The molecule has 0 saturated heterocycles. The second-order valence-corrected chi connectivity index (χ2v) is 11.7. The van der Waals surface area contributed by atoms with Crippen LogP contribution >= 0.6 is 0 Å². The maximum atomic E-state index is 2.38. The smallest absolute Gasteiger partial charge is 0.167 e. The van der Waals surface area contributed by atoms with Crippen molar-refractivity contribution in [2.75, 3.05) is 0 Å². The lowest BCUT2D eigenvalue weighted by atomic mass is 9.83. The van der Waals surface area contributed by atoms with Crippen molar-refractivity contribution in [2.45, 2.75) is 52.4 Å². The van der Waals surface area contributed by atoms with E-state index in [0.29, 0.717) is 0 Å². The zero-order chi connectivity index (χ0) is 25.2. The Labute approximate surface area is 214 Å². The topological polar surface area (TPSA) is 7.76 Å². The van der Waals surface area contributed by atoms with Crippen molar-refractivity contribution in [3.05, 3.63) is 120 Å². The molecule has 36 heavy (non-hydrogen) atoms. The van der Waals surface area contributed by atoms with Crippen LogP contribution in [0.15, 0.2) is 97.5 Å². The molecule has 1 aliphatic carbocycles. The minimum absolute atomic E-state index is 0.116. The summed E-state index contributed by atoms with van der Waals surface area (Å²) in [7, 11) is 0. The molecule has 178 valence electrons. The Morgan fingerprint density at radius 1 is 0.694 bits per heavy atom. The first-order valence-electron chi connectivity index (χ1n) is 12.9. The van der Waals surface area contributed by atoms with Crippen molar-refractivity contribution in [1.29, 1.82) is 0 Å². The standard InChI is InChI=1S/C34H34N2/c1-23-11-15-25(16-12-23)35-20-19-27-29(21-35)34(5,6)30-22-36(31-10-8-7-9-28(31)32(27)30)26-17-13-24(14-18-26)33(2,3)4/h7-22H,1-6H3/q+2. The Morgan fingerprint density at radius 2 is 1.36 bits per heavy atom. The van der Waals surface area contributed by atoms with Gasteiger partial charge in [-0.15, -0.1) is 0 Å². The maximum absolute atomic E-state index is 2.38. The number of hydrogen-bond donors (Lipinski definition) is 0. The number of aryl methyl sites for hydroxylation is 1. The van der Waals surface area contributed by atoms with E-state index in [4.69, 9.17) is 0 Å². The summed E-state index contributed by atoms with van der Waals surface area (Å²) in [5.74, 6) is 0. The molecule has 0 unspecified atom stereocenters. The predicted molar refractivity (Wildman–Crippen MR) is 148 cm³/mol. The van der Waals surface area contributed by atoms with Gasteiger partial charge in [-0.05, 0) is 29.5 Å². The number of rotatable bonds is 2. The number of hydrogen-bond acceptors (Lipinski definition) is 0. The first-order chi connectivity index (χ1) is 17.1. The average molecular weight is 471 g/mol. The normalized spacial score (nSPS) is 14.1. The van der Waals surface area contributed by atoms with E-state index in [9.17, 15) is 0 Å². The molecule has 2 heteroatoms. The summed E-state index contributed by atoms with van der Waals surface area (Å²) in [6.07, 6.45) is 6.91. The van der Waals surface area contributed by atoms with Crippen molar-refractivity contribution in [3.8, 4) is 22.5 Å². The highest BCUT2D eigenvalue weighted by Crippen LogP contribution is 2.50. The Kier molecular flexibility index (Phi) is 4.95. The number of fused-ring (bicyclic) bond motifs is 5. The predicted octanol–water partition coefficient (Wildman–Crippen LogP) is 7.31. The van der Waals surface area contributed by atoms with Crippen LogP contribution in [-0.2, 0) is 10.8 Å². The number of aromatic nitrogens is 2. The SMILES string of the molecule is Cc1ccc(-[n+]2ccc3c(c2)C(C)(C)c2c[n+](-c4ccc(C(C)(C)C)cc4)c4ccccc4c2-3)cc1. The fraction of sp³-hybridized carbons (Fsp3) is 0.235. The fourth-order valence-corrected chi connectivity index (χ4v) is 5.64. The Balaban J connectivity index is 1.56. The molecule has 0 spiro atoms. The fourth-order valence-electron chi connectivity index (χ4n) is 5.64. The van der Waals surface area contributed by atoms with E-state index in [1.165, 1.54) is 55.7 Å². The Bertz CT molecular complexity index is 1620. The molecule has 0 amide bonds. The summed E-state index contributed by atoms with van der Waals surface area (Å²) in [5, 5.41) is 1.30. The molecule has 0 N–H and O–H groups in total. The van der Waals surface area contributed by atoms with E-state index in [-0.39, 0.29) is 10.8 Å². The van der Waals surface area contributed by atoms with E-state index in [2.05, 4.69) is 148 Å². The van der Waals surface area contributed by atoms with Gasteiger partial charge in [0.2, 0.25) is 16.9 Å². The van der Waals surface area contributed by atoms with Gasteiger partial charge in [0.25, 0.3) is 0 Å². The summed E-state index contributed by atoms with van der Waals surface area (Å²) in [6.45, 7) is 13.7. The molecule has 0 aliphatic heterocycles. The lowest BCUT2D eigenvalue weighted by molar-refractivity contribution is -0.596. The number of para-hydroxylation sites is 1. The van der Waals surface area contributed by atoms with Crippen molar-refractivity contribution in [1.82, 2.24) is 0 Å². The van der Waals surface area contributed by atoms with Crippen molar-refractivity contribution in [3.63, 3.8) is 0 Å². The van der Waals surface area contributed by atoms with Gasteiger partial charge >= 0.3 is 0 Å². The van der Waals surface area contributed by atoms with E-state index >= 15 is 0 Å². The summed E-state index contributed by atoms with van der Waals surface area (Å²) < 4.78 is 4.63. The molecule has 0 bridgehead atoms. The van der Waals surface area contributed by atoms with Crippen molar-refractivity contribution >= 4 is 10.9 Å². The lowest BCUT2D eigenvalue weighted by Gasteiger charge is -2.20. The molecule has 2 heterocycles. The monoisotopic (exact) mass is 470 g/mol. The molecular formula is C34H34N2+2. The molecule has 0 fully saturated rings. The zero-order valence-corrected chi connectivity index (χ0v) is 22.1. The average Bonchev–Trinajstić information content (AvgIpc) is 3.10. The van der Waals surface area contributed by atoms with Gasteiger partial charge in [0, 0.05) is 58.5 Å². The molecule has 0 saturated carbocycles. The van der Waals surface area contributed by atoms with Gasteiger partial charge in [-0.1, -0.05) is 76.6 Å². The minimum atomic E-state index is -0.116. The van der Waals surface area contributed by atoms with Crippen LogP contribution in [0, 0.1) is 6.92 Å². The van der Waals surface area contributed by atoms with Crippen LogP contribution in [-0.4, -0.2) is 0 Å². The largest absolute Gasteiger partial charge is 0.219 e. The lowest BCUT2D eigenvalue weighted by Crippen LogP contribution is -2.34. The van der Waals surface area contributed by atoms with E-state index in [0.717, 1.165) is 0 Å². The van der Waals surface area contributed by atoms with Crippen LogP contribution in [0.25, 0.3) is 33.4 Å². The minimum Gasteiger partial charge on any atom is -0.167 e. The van der Waals surface area contributed by atoms with Crippen molar-refractivity contribution in [2.24, 2.45) is 0 Å². The van der Waals surface area contributed by atoms with Crippen molar-refractivity contribution < 1.29 is 9.13 Å². The Morgan fingerprint density at radius 3 is 2.06 bits per heavy atom. The molecule has 6 rings (SSSR count). The van der Waals surface area contributed by atoms with Gasteiger partial charge in [-0.25, -0.2) is 0 Å². The summed E-state index contributed by atoms with van der Waals surface area (Å²) in [6, 6.07) is 29.0. The highest BCUT2D eigenvalue weighted by Gasteiger charge is 2.42. The maximum Gasteiger partial charge on any atom is 0.219 e. The van der Waals surface area contributed by atoms with Crippen LogP contribution in [0.5, 0.6) is 0 Å². The quantitative estimate of drug-likeness (QED) is 0.239. The third kappa shape index (κ3) is 3.47. The molecular weight excluding hydrogens is 436 g/mol. The summed E-state index contributed by atoms with van der Waals surface area (Å²) in [4.78, 5) is 0. The third-order valence-electron chi connectivity index (χ3n) is 7.88. The van der Waals surface area contributed by atoms with Crippen LogP contribution in [0.2, 0.25) is 0 Å². The van der Waals surface area contributed by atoms with Gasteiger partial charge in [-0.3, -0.25) is 0 Å². The molecule has 2 nitrogen and oxygen atoms in total. The first-order valence-corrected chi connectivity index (χ1v) is 12.9. The number of nitrogens with zero attached hydrogens (tertiary/aromatic N) is 2. The third-order valence-corrected chi connectivity index (χ3v) is 7.88. The highest BCUT2D eigenvalue weighted by molar-refractivity contribution is 5.99. The second kappa shape index (κ2) is 7.86. The molecule has 0 atom stereocenters. The summed E-state index contributed by atoms with van der Waals surface area (Å²) in [5.41, 5.74) is 11.7. The van der Waals surface area contributed by atoms with Crippen LogP contribution in [0.1, 0.15) is 56.9 Å². The molecule has 2 aromatic heterocycles. The van der Waals surface area contributed by atoms with E-state index in [1.807, 2.05) is 0 Å². The van der Waals surface area contributed by atoms with Gasteiger partial charge in [0.15, 0.2) is 18.6 Å². The molecule has 0 radical (unpaired) electrons. The first kappa shape index (κ1) is 22.7. The molecule has 3 aromatic carbocycles. The van der Waals surface area contributed by atoms with Gasteiger partial charge < -0.3 is 0 Å². The van der Waals surface area contributed by atoms with Gasteiger partial charge in [0.05, 0.1) is 5.39 Å². The van der Waals surface area contributed by atoms with Crippen LogP contribution in [0.4, 0.5) is 0 Å². The Hall–Kier alpha value is -3.78. The van der Waals surface area contributed by atoms with E-state index in [1.54, 1.807) is 0 Å². The van der Waals surface area contributed by atoms with E-state index < -0.39 is 0 Å². The number of pyridine rings is 2. The van der Waals surface area contributed by atoms with Crippen LogP contribution < -0.4 is 9.13 Å². The molecule has 1 aliphatic rings. The molecule has 5 aromatic rings. The second-order valence-electron chi connectivity index (χ2n) is 11.7. The zero-order valence-electron chi connectivity index (χ0n) is 22.1. The van der Waals surface area contributed by atoms with Gasteiger partial charge in [-0.2, -0.15) is 9.13 Å². The number of benzene rings is 3. The highest BCUT2D eigenvalue weighted by atomic mass is 15.0. The van der Waals surface area contributed by atoms with Gasteiger partial charge in [0.1, 0.15) is 0 Å². The van der Waals surface area contributed by atoms with Crippen LogP contribution in [0.3, 0.4) is 0 Å².